The number of rotatable bonds is 0. The van der Waals surface area contributed by atoms with Gasteiger partial charge in [0.15, 0.2) is 0 Å². The standard InChI is InChI=1S/C4H6N2.HO2P/c1-6-3-2-5-4-6;1-3-2/h2-4H,1H3;3H/p+1. The summed E-state index contributed by atoms with van der Waals surface area (Å²) in [5, 5.41) is 0. The van der Waals surface area contributed by atoms with Crippen LogP contribution >= 0.6 is 8.69 Å². The SMILES string of the molecule is Cn1ccnc1.O=[PH+]O. The van der Waals surface area contributed by atoms with Gasteiger partial charge in [-0.2, -0.15) is 4.89 Å². The van der Waals surface area contributed by atoms with Crippen LogP contribution in [0.15, 0.2) is 18.7 Å². The Morgan fingerprint density at radius 3 is 2.44 bits per heavy atom. The second-order valence-corrected chi connectivity index (χ2v) is 1.50. The Kier molecular flexibility index (Phi) is 4.97. The highest BCUT2D eigenvalue weighted by Gasteiger charge is 1.69. The van der Waals surface area contributed by atoms with E-state index in [1.807, 2.05) is 17.8 Å². The summed E-state index contributed by atoms with van der Waals surface area (Å²) >= 11 is 0. The smallest absolute Gasteiger partial charge is 0.341 e. The van der Waals surface area contributed by atoms with Gasteiger partial charge in [0.1, 0.15) is 0 Å². The summed E-state index contributed by atoms with van der Waals surface area (Å²) in [7, 11) is 0.771. The summed E-state index contributed by atoms with van der Waals surface area (Å²) in [6.07, 6.45) is 5.39. The Bertz CT molecular complexity index is 152. The molecule has 1 aromatic rings. The van der Waals surface area contributed by atoms with Crippen LogP contribution in [0.1, 0.15) is 0 Å². The average molecular weight is 147 g/mol. The number of imidazole rings is 1. The number of hydrogen-bond acceptors (Lipinski definition) is 2. The Balaban J connectivity index is 0.000000187. The van der Waals surface area contributed by atoms with Crippen LogP contribution in [-0.4, -0.2) is 14.4 Å². The third-order valence-electron chi connectivity index (χ3n) is 0.637. The lowest BCUT2D eigenvalue weighted by atomic mass is 10.9. The summed E-state index contributed by atoms with van der Waals surface area (Å²) in [4.78, 5) is 10.8. The zero-order chi connectivity index (χ0) is 7.11. The molecule has 0 radical (unpaired) electrons. The minimum atomic E-state index is -1.17. The maximum absolute atomic E-state index is 8.51. The van der Waals surface area contributed by atoms with Gasteiger partial charge in [0, 0.05) is 19.4 Å². The van der Waals surface area contributed by atoms with E-state index in [2.05, 4.69) is 4.98 Å². The fraction of sp³-hybridized carbons (Fsp3) is 0.250. The summed E-state index contributed by atoms with van der Waals surface area (Å²) in [6, 6.07) is 0. The van der Waals surface area contributed by atoms with Crippen LogP contribution in [0.2, 0.25) is 0 Å². The topological polar surface area (TPSA) is 55.1 Å². The Morgan fingerprint density at radius 1 is 1.78 bits per heavy atom. The first kappa shape index (κ1) is 8.27. The summed E-state index contributed by atoms with van der Waals surface area (Å²) in [6.45, 7) is 0. The lowest BCUT2D eigenvalue weighted by Gasteiger charge is -1.76. The maximum Gasteiger partial charge on any atom is 0.491 e. The van der Waals surface area contributed by atoms with Crippen LogP contribution in [0.5, 0.6) is 0 Å². The van der Waals surface area contributed by atoms with E-state index in [0.717, 1.165) is 0 Å². The molecule has 0 aliphatic carbocycles. The second kappa shape index (κ2) is 5.41. The zero-order valence-electron chi connectivity index (χ0n) is 4.98. The van der Waals surface area contributed by atoms with Gasteiger partial charge in [0.2, 0.25) is 0 Å². The molecule has 1 aromatic heterocycles. The van der Waals surface area contributed by atoms with E-state index in [-0.39, 0.29) is 0 Å². The molecular weight excluding hydrogens is 139 g/mol. The first-order chi connectivity index (χ1) is 4.31. The lowest BCUT2D eigenvalue weighted by Crippen LogP contribution is -1.76. The van der Waals surface area contributed by atoms with E-state index in [0.29, 0.717) is 0 Å². The minimum absolute atomic E-state index is 1.17. The van der Waals surface area contributed by atoms with Crippen molar-refractivity contribution in [3.63, 3.8) is 0 Å². The number of aryl methyl sites for hydroxylation is 1. The van der Waals surface area contributed by atoms with Crippen molar-refractivity contribution in [3.8, 4) is 0 Å². The van der Waals surface area contributed by atoms with Gasteiger partial charge in [-0.25, -0.2) is 4.98 Å². The highest BCUT2D eigenvalue weighted by Crippen LogP contribution is 1.73. The molecule has 0 aliphatic rings. The van der Waals surface area contributed by atoms with Crippen LogP contribution in [0.25, 0.3) is 0 Å². The van der Waals surface area contributed by atoms with E-state index in [9.17, 15) is 0 Å². The third kappa shape index (κ3) is 5.14. The monoisotopic (exact) mass is 147 g/mol. The zero-order valence-corrected chi connectivity index (χ0v) is 5.98. The van der Waals surface area contributed by atoms with Gasteiger partial charge in [0.05, 0.1) is 6.33 Å². The van der Waals surface area contributed by atoms with E-state index in [1.165, 1.54) is 0 Å². The van der Waals surface area contributed by atoms with E-state index < -0.39 is 8.69 Å². The molecule has 0 aromatic carbocycles. The largest absolute Gasteiger partial charge is 0.491 e. The second-order valence-electron chi connectivity index (χ2n) is 1.32. The Morgan fingerprint density at radius 2 is 2.33 bits per heavy atom. The predicted octanol–water partition coefficient (Wildman–Crippen LogP) is 0.338. The van der Waals surface area contributed by atoms with Gasteiger partial charge >= 0.3 is 8.69 Å². The van der Waals surface area contributed by atoms with Gasteiger partial charge < -0.3 is 4.57 Å². The molecule has 0 bridgehead atoms. The molecule has 0 spiro atoms. The van der Waals surface area contributed by atoms with Crippen molar-refractivity contribution in [2.75, 3.05) is 0 Å². The molecule has 1 heterocycles. The van der Waals surface area contributed by atoms with Crippen LogP contribution in [0.4, 0.5) is 0 Å². The van der Waals surface area contributed by atoms with Crippen molar-refractivity contribution >= 4 is 8.69 Å². The van der Waals surface area contributed by atoms with E-state index in [1.54, 1.807) is 12.5 Å². The minimum Gasteiger partial charge on any atom is -0.341 e. The van der Waals surface area contributed by atoms with E-state index >= 15 is 0 Å². The average Bonchev–Trinajstić information content (AvgIpc) is 2.20. The molecule has 0 aliphatic heterocycles. The fourth-order valence-corrected chi connectivity index (χ4v) is 0.326. The fourth-order valence-electron chi connectivity index (χ4n) is 0.326. The number of nitrogens with zero attached hydrogens (tertiary/aromatic N) is 2. The third-order valence-corrected chi connectivity index (χ3v) is 0.637. The first-order valence-corrected chi connectivity index (χ1v) is 3.10. The molecule has 0 fully saturated rings. The molecule has 50 valence electrons. The molecule has 4 nitrogen and oxygen atoms in total. The first-order valence-electron chi connectivity index (χ1n) is 2.24. The van der Waals surface area contributed by atoms with Crippen molar-refractivity contribution in [1.29, 1.82) is 0 Å². The van der Waals surface area contributed by atoms with Gasteiger partial charge in [-0.05, 0) is 4.57 Å². The summed E-state index contributed by atoms with van der Waals surface area (Å²) in [5.74, 6) is 0. The van der Waals surface area contributed by atoms with Crippen molar-refractivity contribution in [2.24, 2.45) is 7.05 Å². The number of hydrogen-bond donors (Lipinski definition) is 1. The van der Waals surface area contributed by atoms with Crippen molar-refractivity contribution in [1.82, 2.24) is 9.55 Å². The highest BCUT2D eigenvalue weighted by atomic mass is 31.1. The molecule has 0 saturated carbocycles. The Labute approximate surface area is 54.4 Å². The van der Waals surface area contributed by atoms with Gasteiger partial charge in [0.25, 0.3) is 0 Å². The van der Waals surface area contributed by atoms with Crippen molar-refractivity contribution < 1.29 is 9.46 Å². The van der Waals surface area contributed by atoms with Crippen LogP contribution < -0.4 is 0 Å². The molecule has 0 saturated heterocycles. The lowest BCUT2D eigenvalue weighted by molar-refractivity contribution is 0.524. The van der Waals surface area contributed by atoms with Gasteiger partial charge in [-0.1, -0.05) is 0 Å². The molecular formula is C4H8N2O2P+. The molecule has 0 amide bonds. The van der Waals surface area contributed by atoms with E-state index in [4.69, 9.17) is 9.46 Å². The maximum atomic E-state index is 8.51. The normalized spacial score (nSPS) is 8.22. The predicted molar refractivity (Wildman–Crippen MR) is 34.4 cm³/mol. The van der Waals surface area contributed by atoms with Crippen LogP contribution in [0, 0.1) is 0 Å². The molecule has 1 N–H and O–H groups in total. The summed E-state index contributed by atoms with van der Waals surface area (Å²) < 4.78 is 10.4. The number of aromatic nitrogens is 2. The summed E-state index contributed by atoms with van der Waals surface area (Å²) in [5.41, 5.74) is 0. The molecule has 9 heavy (non-hydrogen) atoms. The molecule has 1 rings (SSSR count). The van der Waals surface area contributed by atoms with Crippen LogP contribution in [0.3, 0.4) is 0 Å². The molecule has 5 heteroatoms. The van der Waals surface area contributed by atoms with Gasteiger partial charge in [-0.3, -0.25) is 0 Å². The van der Waals surface area contributed by atoms with Crippen molar-refractivity contribution in [2.45, 2.75) is 0 Å². The Hall–Kier alpha value is -0.730. The van der Waals surface area contributed by atoms with Crippen LogP contribution in [-0.2, 0) is 11.6 Å². The quantitative estimate of drug-likeness (QED) is 0.538. The molecule has 1 atom stereocenters. The van der Waals surface area contributed by atoms with Crippen molar-refractivity contribution in [3.05, 3.63) is 18.7 Å². The molecule has 1 unspecified atom stereocenters. The highest BCUT2D eigenvalue weighted by molar-refractivity contribution is 7.16. The van der Waals surface area contributed by atoms with Gasteiger partial charge in [-0.15, -0.1) is 0 Å².